The van der Waals surface area contributed by atoms with E-state index in [1.54, 1.807) is 7.11 Å². The molecule has 1 aromatic rings. The van der Waals surface area contributed by atoms with Gasteiger partial charge in [0.2, 0.25) is 5.91 Å². The first-order valence-electron chi connectivity index (χ1n) is 9.57. The van der Waals surface area contributed by atoms with Gasteiger partial charge in [0, 0.05) is 38.7 Å². The minimum absolute atomic E-state index is 0.258. The van der Waals surface area contributed by atoms with Crippen LogP contribution in [0.4, 0.5) is 0 Å². The first-order valence-corrected chi connectivity index (χ1v) is 9.57. The first kappa shape index (κ1) is 18.4. The zero-order valence-electron chi connectivity index (χ0n) is 16.0. The molecule has 1 atom stereocenters. The first-order chi connectivity index (χ1) is 12.0. The van der Waals surface area contributed by atoms with Crippen LogP contribution >= 0.6 is 0 Å². The Balaban J connectivity index is 1.62. The largest absolute Gasteiger partial charge is 0.384 e. The lowest BCUT2D eigenvalue weighted by Crippen LogP contribution is -2.47. The van der Waals surface area contributed by atoms with Crippen LogP contribution in [0, 0.1) is 19.3 Å². The molecule has 0 radical (unpaired) electrons. The van der Waals surface area contributed by atoms with Crippen molar-refractivity contribution in [2.24, 2.45) is 5.41 Å². The van der Waals surface area contributed by atoms with Crippen molar-refractivity contribution >= 4 is 5.91 Å². The molecule has 138 valence electrons. The molecule has 1 amide bonds. The second kappa shape index (κ2) is 7.88. The van der Waals surface area contributed by atoms with E-state index in [0.29, 0.717) is 18.4 Å². The molecule has 1 spiro atoms. The fraction of sp³-hybridized carbons (Fsp3) is 0.667. The molecule has 25 heavy (non-hydrogen) atoms. The van der Waals surface area contributed by atoms with Gasteiger partial charge in [-0.25, -0.2) is 0 Å². The zero-order chi connectivity index (χ0) is 17.9. The average Bonchev–Trinajstić information content (AvgIpc) is 2.98. The zero-order valence-corrected chi connectivity index (χ0v) is 16.0. The minimum Gasteiger partial charge on any atom is -0.384 e. The van der Waals surface area contributed by atoms with Crippen molar-refractivity contribution in [1.82, 2.24) is 9.80 Å². The summed E-state index contributed by atoms with van der Waals surface area (Å²) in [7, 11) is 1.66. The lowest BCUT2D eigenvalue weighted by Gasteiger charge is -2.40. The van der Waals surface area contributed by atoms with E-state index >= 15 is 0 Å². The van der Waals surface area contributed by atoms with Gasteiger partial charge in [-0.2, -0.15) is 0 Å². The Morgan fingerprint density at radius 1 is 1.16 bits per heavy atom. The quantitative estimate of drug-likeness (QED) is 0.822. The molecule has 4 heteroatoms. The number of hydrogen-bond donors (Lipinski definition) is 0. The third kappa shape index (κ3) is 4.24. The van der Waals surface area contributed by atoms with Gasteiger partial charge in [0.05, 0.1) is 13.0 Å². The van der Waals surface area contributed by atoms with Gasteiger partial charge in [-0.05, 0) is 56.3 Å². The molecule has 0 aromatic heterocycles. The van der Waals surface area contributed by atoms with Gasteiger partial charge in [-0.3, -0.25) is 9.69 Å². The van der Waals surface area contributed by atoms with Gasteiger partial charge >= 0.3 is 0 Å². The van der Waals surface area contributed by atoms with Gasteiger partial charge < -0.3 is 9.64 Å². The number of carbonyl (C=O) groups excluding carboxylic acids is 1. The summed E-state index contributed by atoms with van der Waals surface area (Å²) >= 11 is 0. The van der Waals surface area contributed by atoms with Crippen molar-refractivity contribution in [3.05, 3.63) is 34.9 Å². The van der Waals surface area contributed by atoms with Crippen LogP contribution in [0.3, 0.4) is 0 Å². The molecule has 0 unspecified atom stereocenters. The number of piperidine rings is 1. The predicted molar refractivity (Wildman–Crippen MR) is 101 cm³/mol. The van der Waals surface area contributed by atoms with E-state index in [2.05, 4.69) is 41.8 Å². The molecule has 3 rings (SSSR count). The number of rotatable bonds is 5. The maximum atomic E-state index is 12.4. The van der Waals surface area contributed by atoms with Gasteiger partial charge in [-0.1, -0.05) is 18.2 Å². The Hall–Kier alpha value is -1.39. The van der Waals surface area contributed by atoms with Crippen LogP contribution in [0.1, 0.15) is 42.4 Å². The Labute approximate surface area is 152 Å². The molecular formula is C21H32N2O2. The molecule has 2 aliphatic rings. The fourth-order valence-corrected chi connectivity index (χ4v) is 4.59. The van der Waals surface area contributed by atoms with Gasteiger partial charge in [0.1, 0.15) is 0 Å². The topological polar surface area (TPSA) is 32.8 Å². The highest BCUT2D eigenvalue weighted by Gasteiger charge is 2.42. The number of benzene rings is 1. The van der Waals surface area contributed by atoms with Crippen molar-refractivity contribution in [2.45, 2.75) is 46.1 Å². The highest BCUT2D eigenvalue weighted by atomic mass is 16.5. The Morgan fingerprint density at radius 3 is 2.64 bits per heavy atom. The third-order valence-corrected chi connectivity index (χ3v) is 6.08. The smallest absolute Gasteiger partial charge is 0.224 e. The molecule has 0 N–H and O–H groups in total. The summed E-state index contributed by atoms with van der Waals surface area (Å²) in [6.45, 7) is 10.1. The molecule has 4 nitrogen and oxygen atoms in total. The molecule has 2 saturated heterocycles. The summed E-state index contributed by atoms with van der Waals surface area (Å²) in [4.78, 5) is 17.1. The van der Waals surface area contributed by atoms with E-state index in [4.69, 9.17) is 4.74 Å². The molecule has 2 aliphatic heterocycles. The Bertz CT molecular complexity index is 596. The molecule has 2 fully saturated rings. The molecule has 0 saturated carbocycles. The van der Waals surface area contributed by atoms with E-state index < -0.39 is 0 Å². The van der Waals surface area contributed by atoms with Gasteiger partial charge in [-0.15, -0.1) is 0 Å². The van der Waals surface area contributed by atoms with Crippen molar-refractivity contribution in [2.75, 3.05) is 39.9 Å². The predicted octanol–water partition coefficient (Wildman–Crippen LogP) is 3.15. The summed E-state index contributed by atoms with van der Waals surface area (Å²) in [5.74, 6) is 0.258. The van der Waals surface area contributed by atoms with Gasteiger partial charge in [0.25, 0.3) is 0 Å². The van der Waals surface area contributed by atoms with Crippen LogP contribution in [-0.2, 0) is 16.1 Å². The monoisotopic (exact) mass is 344 g/mol. The van der Waals surface area contributed by atoms with Crippen LogP contribution in [0.5, 0.6) is 0 Å². The number of likely N-dealkylation sites (tertiary alicyclic amines) is 2. The van der Waals surface area contributed by atoms with E-state index in [1.807, 2.05) is 0 Å². The molecular weight excluding hydrogens is 312 g/mol. The highest BCUT2D eigenvalue weighted by Crippen LogP contribution is 2.39. The molecule has 0 aliphatic carbocycles. The molecule has 0 bridgehead atoms. The number of hydrogen-bond acceptors (Lipinski definition) is 3. The third-order valence-electron chi connectivity index (χ3n) is 6.08. The molecule has 2 heterocycles. The number of ether oxygens (including phenoxy) is 1. The second-order valence-electron chi connectivity index (χ2n) is 7.99. The van der Waals surface area contributed by atoms with Crippen molar-refractivity contribution < 1.29 is 9.53 Å². The van der Waals surface area contributed by atoms with E-state index in [0.717, 1.165) is 39.1 Å². The van der Waals surface area contributed by atoms with Crippen LogP contribution in [0.15, 0.2) is 18.2 Å². The van der Waals surface area contributed by atoms with E-state index in [-0.39, 0.29) is 5.91 Å². The van der Waals surface area contributed by atoms with Crippen LogP contribution in [0.2, 0.25) is 0 Å². The van der Waals surface area contributed by atoms with Crippen LogP contribution in [0.25, 0.3) is 0 Å². The second-order valence-corrected chi connectivity index (χ2v) is 7.99. The number of nitrogens with zero attached hydrogens (tertiary/aromatic N) is 2. The maximum Gasteiger partial charge on any atom is 0.224 e. The summed E-state index contributed by atoms with van der Waals surface area (Å²) in [6, 6.07) is 6.57. The summed E-state index contributed by atoms with van der Waals surface area (Å²) < 4.78 is 5.07. The Kier molecular flexibility index (Phi) is 5.80. The normalized spacial score (nSPS) is 24.2. The SMILES string of the molecule is COCCC(=O)N1CCC[C@]2(CCN(Cc3c(C)cccc3C)C2)C1. The van der Waals surface area contributed by atoms with E-state index in [9.17, 15) is 4.79 Å². The van der Waals surface area contributed by atoms with Crippen LogP contribution in [-0.4, -0.2) is 55.6 Å². The van der Waals surface area contributed by atoms with E-state index in [1.165, 1.54) is 29.5 Å². The van der Waals surface area contributed by atoms with Crippen molar-refractivity contribution in [3.8, 4) is 0 Å². The lowest BCUT2D eigenvalue weighted by molar-refractivity contribution is -0.135. The number of methoxy groups -OCH3 is 1. The maximum absolute atomic E-state index is 12.4. The number of carbonyl (C=O) groups is 1. The summed E-state index contributed by atoms with van der Waals surface area (Å²) in [5.41, 5.74) is 4.56. The Morgan fingerprint density at radius 2 is 1.92 bits per heavy atom. The fourth-order valence-electron chi connectivity index (χ4n) is 4.59. The standard InChI is InChI=1S/C21H32N2O2/c1-17-6-4-7-18(2)19(17)14-22-12-10-21(15-22)9-5-11-23(16-21)20(24)8-13-25-3/h4,6-7H,5,8-16H2,1-3H3/t21-/m1/s1. The van der Waals surface area contributed by atoms with Crippen molar-refractivity contribution in [3.63, 3.8) is 0 Å². The summed E-state index contributed by atoms with van der Waals surface area (Å²) in [5, 5.41) is 0. The van der Waals surface area contributed by atoms with Gasteiger partial charge in [0.15, 0.2) is 0 Å². The minimum atomic E-state index is 0.258. The number of amides is 1. The lowest BCUT2D eigenvalue weighted by atomic mass is 9.79. The van der Waals surface area contributed by atoms with Crippen LogP contribution < -0.4 is 0 Å². The highest BCUT2D eigenvalue weighted by molar-refractivity contribution is 5.76. The number of aryl methyl sites for hydroxylation is 2. The summed E-state index contributed by atoms with van der Waals surface area (Å²) in [6.07, 6.45) is 4.12. The van der Waals surface area contributed by atoms with Crippen molar-refractivity contribution in [1.29, 1.82) is 0 Å². The molecule has 1 aromatic carbocycles. The average molecular weight is 344 g/mol.